The summed E-state index contributed by atoms with van der Waals surface area (Å²) in [6.07, 6.45) is 7.02. The van der Waals surface area contributed by atoms with E-state index in [-0.39, 0.29) is 24.8 Å². The number of nitrogens with two attached hydrogens (primary N) is 1. The van der Waals surface area contributed by atoms with E-state index in [2.05, 4.69) is 24.0 Å². The fourth-order valence-electron chi connectivity index (χ4n) is 2.65. The van der Waals surface area contributed by atoms with Crippen molar-refractivity contribution in [1.29, 1.82) is 0 Å². The second-order valence-corrected chi connectivity index (χ2v) is 4.91. The third kappa shape index (κ3) is 5.43. The molecule has 108 valence electrons. The Hall–Kier alpha value is -0.700. The van der Waals surface area contributed by atoms with E-state index in [1.165, 1.54) is 31.2 Å². The summed E-state index contributed by atoms with van der Waals surface area (Å²) in [5.74, 6) is 0.720. The van der Waals surface area contributed by atoms with Gasteiger partial charge in [0.2, 0.25) is 0 Å². The normalized spacial score (nSPS) is 21.9. The Morgan fingerprint density at radius 2 is 1.68 bits per heavy atom. The highest BCUT2D eigenvalue weighted by atomic mass is 35.5. The van der Waals surface area contributed by atoms with Gasteiger partial charge in [0, 0.05) is 18.3 Å². The SMILES string of the molecule is C=CCNC1CCC(c2ccc(N)cc2)CC1.Cl.Cl. The minimum atomic E-state index is 0. The number of anilines is 1. The van der Waals surface area contributed by atoms with Gasteiger partial charge in [-0.3, -0.25) is 0 Å². The summed E-state index contributed by atoms with van der Waals surface area (Å²) in [5.41, 5.74) is 8.02. The maximum atomic E-state index is 5.71. The van der Waals surface area contributed by atoms with Crippen LogP contribution in [0.2, 0.25) is 0 Å². The van der Waals surface area contributed by atoms with Crippen LogP contribution in [0.4, 0.5) is 5.69 Å². The van der Waals surface area contributed by atoms with E-state index in [0.717, 1.165) is 18.2 Å². The third-order valence-electron chi connectivity index (χ3n) is 3.69. The van der Waals surface area contributed by atoms with Crippen molar-refractivity contribution in [2.75, 3.05) is 12.3 Å². The van der Waals surface area contributed by atoms with Crippen molar-refractivity contribution >= 4 is 30.5 Å². The Labute approximate surface area is 128 Å². The molecule has 1 fully saturated rings. The molecule has 0 radical (unpaired) electrons. The van der Waals surface area contributed by atoms with Gasteiger partial charge in [-0.1, -0.05) is 18.2 Å². The molecule has 0 aromatic heterocycles. The molecule has 3 N–H and O–H groups in total. The molecule has 4 heteroatoms. The number of hydrogen-bond acceptors (Lipinski definition) is 2. The van der Waals surface area contributed by atoms with Crippen molar-refractivity contribution < 1.29 is 0 Å². The van der Waals surface area contributed by atoms with Crippen molar-refractivity contribution in [3.8, 4) is 0 Å². The molecule has 0 unspecified atom stereocenters. The maximum absolute atomic E-state index is 5.71. The monoisotopic (exact) mass is 302 g/mol. The van der Waals surface area contributed by atoms with E-state index >= 15 is 0 Å². The van der Waals surface area contributed by atoms with Crippen LogP contribution in [-0.2, 0) is 0 Å². The molecule has 0 saturated heterocycles. The van der Waals surface area contributed by atoms with Crippen molar-refractivity contribution in [2.24, 2.45) is 0 Å². The van der Waals surface area contributed by atoms with Crippen molar-refractivity contribution in [3.63, 3.8) is 0 Å². The van der Waals surface area contributed by atoms with Gasteiger partial charge >= 0.3 is 0 Å². The van der Waals surface area contributed by atoms with Gasteiger partial charge in [0.25, 0.3) is 0 Å². The van der Waals surface area contributed by atoms with Crippen LogP contribution < -0.4 is 11.1 Å². The Morgan fingerprint density at radius 3 is 2.21 bits per heavy atom. The first-order valence-electron chi connectivity index (χ1n) is 6.49. The second-order valence-electron chi connectivity index (χ2n) is 4.91. The van der Waals surface area contributed by atoms with Crippen LogP contribution in [0, 0.1) is 0 Å². The molecule has 1 aliphatic rings. The van der Waals surface area contributed by atoms with E-state index < -0.39 is 0 Å². The van der Waals surface area contributed by atoms with E-state index in [1.807, 2.05) is 18.2 Å². The summed E-state index contributed by atoms with van der Waals surface area (Å²) in [6.45, 7) is 4.67. The molecule has 1 aromatic rings. The molecule has 1 aliphatic carbocycles. The number of nitrogens with one attached hydrogen (secondary N) is 1. The Balaban J connectivity index is 0.00000162. The summed E-state index contributed by atoms with van der Waals surface area (Å²) in [7, 11) is 0. The minimum Gasteiger partial charge on any atom is -0.399 e. The summed E-state index contributed by atoms with van der Waals surface area (Å²) in [5, 5.41) is 3.51. The van der Waals surface area contributed by atoms with E-state index in [4.69, 9.17) is 5.73 Å². The number of nitrogen functional groups attached to an aromatic ring is 1. The van der Waals surface area contributed by atoms with Gasteiger partial charge in [-0.15, -0.1) is 31.4 Å². The molecule has 0 atom stereocenters. The number of benzene rings is 1. The molecule has 0 bridgehead atoms. The Morgan fingerprint density at radius 1 is 1.11 bits per heavy atom. The lowest BCUT2D eigenvalue weighted by Gasteiger charge is -2.29. The highest BCUT2D eigenvalue weighted by Crippen LogP contribution is 2.33. The van der Waals surface area contributed by atoms with Crippen LogP contribution in [0.1, 0.15) is 37.2 Å². The Kier molecular flexibility index (Phi) is 8.90. The van der Waals surface area contributed by atoms with Crippen LogP contribution in [0.25, 0.3) is 0 Å². The molecule has 19 heavy (non-hydrogen) atoms. The first kappa shape index (κ1) is 18.3. The first-order valence-corrected chi connectivity index (χ1v) is 6.49. The molecular formula is C15H24Cl2N2. The van der Waals surface area contributed by atoms with Crippen LogP contribution in [0.5, 0.6) is 0 Å². The lowest BCUT2D eigenvalue weighted by atomic mass is 9.82. The van der Waals surface area contributed by atoms with Crippen LogP contribution >= 0.6 is 24.8 Å². The van der Waals surface area contributed by atoms with Crippen LogP contribution in [0.3, 0.4) is 0 Å². The quantitative estimate of drug-likeness (QED) is 0.653. The van der Waals surface area contributed by atoms with Gasteiger partial charge in [0.15, 0.2) is 0 Å². The molecular weight excluding hydrogens is 279 g/mol. The molecule has 0 heterocycles. The zero-order valence-corrected chi connectivity index (χ0v) is 12.8. The predicted molar refractivity (Wildman–Crippen MR) is 88.5 cm³/mol. The number of hydrogen-bond donors (Lipinski definition) is 2. The van der Waals surface area contributed by atoms with Gasteiger partial charge < -0.3 is 11.1 Å². The molecule has 2 nitrogen and oxygen atoms in total. The maximum Gasteiger partial charge on any atom is 0.0314 e. The molecule has 0 aliphatic heterocycles. The highest BCUT2D eigenvalue weighted by Gasteiger charge is 2.21. The topological polar surface area (TPSA) is 38.0 Å². The number of halogens is 2. The molecule has 1 aromatic carbocycles. The van der Waals surface area contributed by atoms with Crippen molar-refractivity contribution in [3.05, 3.63) is 42.5 Å². The fourth-order valence-corrected chi connectivity index (χ4v) is 2.65. The molecule has 1 saturated carbocycles. The van der Waals surface area contributed by atoms with Crippen molar-refractivity contribution in [2.45, 2.75) is 37.6 Å². The third-order valence-corrected chi connectivity index (χ3v) is 3.69. The second kappa shape index (κ2) is 9.24. The minimum absolute atomic E-state index is 0. The van der Waals surface area contributed by atoms with Gasteiger partial charge in [0.05, 0.1) is 0 Å². The van der Waals surface area contributed by atoms with Crippen LogP contribution in [-0.4, -0.2) is 12.6 Å². The predicted octanol–water partition coefficient (Wildman–Crippen LogP) is 3.91. The van der Waals surface area contributed by atoms with Crippen molar-refractivity contribution in [1.82, 2.24) is 5.32 Å². The zero-order valence-electron chi connectivity index (χ0n) is 11.2. The fraction of sp³-hybridized carbons (Fsp3) is 0.467. The largest absolute Gasteiger partial charge is 0.399 e. The highest BCUT2D eigenvalue weighted by molar-refractivity contribution is 5.85. The molecule has 0 spiro atoms. The number of rotatable bonds is 4. The van der Waals surface area contributed by atoms with E-state index in [9.17, 15) is 0 Å². The standard InChI is InChI=1S/C15H22N2.2ClH/c1-2-11-17-15-9-5-13(6-10-15)12-3-7-14(16)8-4-12;;/h2-4,7-8,13,15,17H,1,5-6,9-11,16H2;2*1H. The van der Waals surface area contributed by atoms with Gasteiger partial charge in [-0.2, -0.15) is 0 Å². The average molecular weight is 303 g/mol. The van der Waals surface area contributed by atoms with Gasteiger partial charge in [-0.25, -0.2) is 0 Å². The van der Waals surface area contributed by atoms with E-state index in [1.54, 1.807) is 0 Å². The first-order chi connectivity index (χ1) is 8.29. The van der Waals surface area contributed by atoms with Gasteiger partial charge in [0.1, 0.15) is 0 Å². The smallest absolute Gasteiger partial charge is 0.0314 e. The Bertz CT molecular complexity index is 357. The van der Waals surface area contributed by atoms with Gasteiger partial charge in [-0.05, 0) is 49.3 Å². The molecule has 2 rings (SSSR count). The summed E-state index contributed by atoms with van der Waals surface area (Å²) in [6, 6.07) is 9.06. The molecule has 0 amide bonds. The zero-order chi connectivity index (χ0) is 12.1. The average Bonchev–Trinajstić information content (AvgIpc) is 2.38. The lowest BCUT2D eigenvalue weighted by molar-refractivity contribution is 0.351. The van der Waals surface area contributed by atoms with Crippen LogP contribution in [0.15, 0.2) is 36.9 Å². The van der Waals surface area contributed by atoms with E-state index in [0.29, 0.717) is 6.04 Å². The summed E-state index contributed by atoms with van der Waals surface area (Å²) >= 11 is 0. The summed E-state index contributed by atoms with van der Waals surface area (Å²) in [4.78, 5) is 0. The lowest BCUT2D eigenvalue weighted by Crippen LogP contribution is -2.32. The summed E-state index contributed by atoms with van der Waals surface area (Å²) < 4.78 is 0.